The van der Waals surface area contributed by atoms with Crippen molar-refractivity contribution in [1.82, 2.24) is 0 Å². The Labute approximate surface area is 343 Å². The standard InChI is InChI=1S/C24H23N3O7.C8H5ClO2.C8H15N3O3/c1-14-15(2)19(26-27-25)24(34-23(31)21(29)17-11-7-4-8-12-17)33-18(14)13-32-22(30)20(28)16-9-5-3-6-10-16;9-8(11)7(10)6-4-2-1-3-5-6;1-4-5(2)7(10-11-9)8(13)14-6(4)3-12/h3-12,14-15,18-19,24H,13H2,1-2H3;1-5H;4-8,12-13H,3H2,1-2H3/t14-,15-,18?,19?,24?;;4-,5-,6?,7?,8?/m0.0/s1. The van der Waals surface area contributed by atoms with Crippen molar-refractivity contribution >= 4 is 46.1 Å². The van der Waals surface area contributed by atoms with Gasteiger partial charge < -0.3 is 29.2 Å². The molecule has 0 saturated carbocycles. The van der Waals surface area contributed by atoms with Crippen molar-refractivity contribution in [2.45, 2.75) is 64.6 Å². The number of benzene rings is 3. The third kappa shape index (κ3) is 13.3. The van der Waals surface area contributed by atoms with Crippen molar-refractivity contribution in [2.24, 2.45) is 33.9 Å². The Morgan fingerprint density at radius 2 is 1.07 bits per heavy atom. The topological polar surface area (TPSA) is 277 Å². The lowest BCUT2D eigenvalue weighted by molar-refractivity contribution is -0.232. The van der Waals surface area contributed by atoms with Crippen molar-refractivity contribution < 1.29 is 57.9 Å². The zero-order valence-electron chi connectivity index (χ0n) is 32.4. The number of ketones is 3. The molecule has 0 aliphatic carbocycles. The molecule has 3 aromatic carbocycles. The molecule has 2 N–H and O–H groups in total. The molecule has 2 aliphatic heterocycles. The summed E-state index contributed by atoms with van der Waals surface area (Å²) in [6.07, 6.45) is -3.66. The monoisotopic (exact) mass is 834 g/mol. The molecular weight excluding hydrogens is 792 g/mol. The second-order valence-electron chi connectivity index (χ2n) is 13.5. The SMILES string of the molecule is C[C@@H]1C(CO)OC(O)C(N=[N+]=[N-])[C@H]1C.C[C@@H]1C(COC(=O)C(=O)c2ccccc2)OC(OC(=O)C(=O)c2ccccc2)C(N=[N+]=[N-])[C@H]1C.O=C(Cl)C(=O)c1ccccc1. The van der Waals surface area contributed by atoms with Crippen molar-refractivity contribution in [3.8, 4) is 0 Å². The van der Waals surface area contributed by atoms with Gasteiger partial charge >= 0.3 is 11.9 Å². The zero-order valence-corrected chi connectivity index (χ0v) is 33.1. The van der Waals surface area contributed by atoms with Gasteiger partial charge in [0, 0.05) is 26.5 Å². The number of hydrogen-bond acceptors (Lipinski definition) is 14. The second-order valence-corrected chi connectivity index (χ2v) is 13.8. The van der Waals surface area contributed by atoms with Crippen LogP contribution in [0.5, 0.6) is 0 Å². The fraction of sp³-hybridized carbons (Fsp3) is 0.400. The van der Waals surface area contributed by atoms with Gasteiger partial charge in [-0.1, -0.05) is 129 Å². The minimum Gasteiger partial charge on any atom is -0.457 e. The van der Waals surface area contributed by atoms with Gasteiger partial charge in [-0.15, -0.1) is 0 Å². The summed E-state index contributed by atoms with van der Waals surface area (Å²) in [7, 11) is 0. The van der Waals surface area contributed by atoms with E-state index in [4.69, 9.17) is 46.7 Å². The number of esters is 2. The number of aliphatic hydroxyl groups is 2. The van der Waals surface area contributed by atoms with Gasteiger partial charge in [-0.05, 0) is 46.3 Å². The van der Waals surface area contributed by atoms with Crippen LogP contribution in [0.3, 0.4) is 0 Å². The van der Waals surface area contributed by atoms with Crippen LogP contribution < -0.4 is 0 Å². The number of azide groups is 2. The number of carbonyl (C=O) groups is 6. The van der Waals surface area contributed by atoms with E-state index in [1.54, 1.807) is 80.6 Å². The Bertz CT molecular complexity index is 2020. The van der Waals surface area contributed by atoms with E-state index in [1.807, 2.05) is 13.8 Å². The number of nitrogens with zero attached hydrogens (tertiary/aromatic N) is 6. The van der Waals surface area contributed by atoms with Crippen LogP contribution in [0.2, 0.25) is 0 Å². The number of ether oxygens (including phenoxy) is 4. The number of carbonyl (C=O) groups excluding carboxylic acids is 6. The van der Waals surface area contributed by atoms with Gasteiger partial charge in [0.1, 0.15) is 12.6 Å². The van der Waals surface area contributed by atoms with Crippen molar-refractivity contribution in [3.05, 3.63) is 129 Å². The predicted octanol–water partition coefficient (Wildman–Crippen LogP) is 5.80. The molecule has 312 valence electrons. The minimum absolute atomic E-state index is 0.00759. The van der Waals surface area contributed by atoms with Crippen LogP contribution in [0.15, 0.2) is 101 Å². The minimum atomic E-state index is -1.38. The normalized spacial score (nSPS) is 25.6. The molecule has 0 radical (unpaired) electrons. The van der Waals surface area contributed by atoms with E-state index in [9.17, 15) is 33.9 Å². The molecule has 0 amide bonds. The summed E-state index contributed by atoms with van der Waals surface area (Å²) in [5.41, 5.74) is 17.9. The van der Waals surface area contributed by atoms with Gasteiger partial charge in [0.25, 0.3) is 16.8 Å². The summed E-state index contributed by atoms with van der Waals surface area (Å²) >= 11 is 4.97. The molecule has 2 saturated heterocycles. The average molecular weight is 835 g/mol. The van der Waals surface area contributed by atoms with E-state index in [1.165, 1.54) is 24.3 Å². The lowest BCUT2D eigenvalue weighted by Crippen LogP contribution is -2.52. The Morgan fingerprint density at radius 1 is 0.644 bits per heavy atom. The molecule has 3 aromatic rings. The number of rotatable bonds is 12. The molecule has 5 rings (SSSR count). The third-order valence-electron chi connectivity index (χ3n) is 9.91. The summed E-state index contributed by atoms with van der Waals surface area (Å²) in [5, 5.41) is 24.7. The maximum atomic E-state index is 12.5. The highest BCUT2D eigenvalue weighted by atomic mass is 35.5. The molecule has 2 aliphatic rings. The molecule has 10 atom stereocenters. The average Bonchev–Trinajstić information content (AvgIpc) is 3.26. The first-order valence-electron chi connectivity index (χ1n) is 18.2. The zero-order chi connectivity index (χ0) is 43.6. The summed E-state index contributed by atoms with van der Waals surface area (Å²) < 4.78 is 21.3. The highest BCUT2D eigenvalue weighted by Gasteiger charge is 2.44. The van der Waals surface area contributed by atoms with E-state index in [2.05, 4.69) is 20.1 Å². The summed E-state index contributed by atoms with van der Waals surface area (Å²) in [6, 6.07) is 22.5. The molecule has 59 heavy (non-hydrogen) atoms. The molecule has 19 heteroatoms. The molecule has 2 fully saturated rings. The van der Waals surface area contributed by atoms with Crippen LogP contribution in [-0.4, -0.2) is 94.8 Å². The fourth-order valence-corrected chi connectivity index (χ4v) is 6.12. The van der Waals surface area contributed by atoms with Gasteiger partial charge in [-0.25, -0.2) is 9.59 Å². The first-order valence-corrected chi connectivity index (χ1v) is 18.6. The summed E-state index contributed by atoms with van der Waals surface area (Å²) in [5.74, 6) is -5.19. The van der Waals surface area contributed by atoms with Crippen LogP contribution in [0.1, 0.15) is 58.8 Å². The van der Waals surface area contributed by atoms with Crippen molar-refractivity contribution in [1.29, 1.82) is 0 Å². The van der Waals surface area contributed by atoms with Crippen molar-refractivity contribution in [3.63, 3.8) is 0 Å². The summed E-state index contributed by atoms with van der Waals surface area (Å²) in [4.78, 5) is 76.0. The van der Waals surface area contributed by atoms with E-state index in [-0.39, 0.29) is 54.1 Å². The first-order chi connectivity index (χ1) is 28.2. The Morgan fingerprint density at radius 3 is 1.53 bits per heavy atom. The molecule has 0 aromatic heterocycles. The smallest absolute Gasteiger partial charge is 0.381 e. The first kappa shape index (κ1) is 47.4. The van der Waals surface area contributed by atoms with E-state index < -0.39 is 65.3 Å². The van der Waals surface area contributed by atoms with Crippen LogP contribution >= 0.6 is 11.6 Å². The van der Waals surface area contributed by atoms with Crippen LogP contribution in [0.25, 0.3) is 20.9 Å². The lowest BCUT2D eigenvalue weighted by atomic mass is 9.82. The molecule has 18 nitrogen and oxygen atoms in total. The van der Waals surface area contributed by atoms with Gasteiger partial charge in [0.2, 0.25) is 12.1 Å². The predicted molar refractivity (Wildman–Crippen MR) is 209 cm³/mol. The van der Waals surface area contributed by atoms with Crippen LogP contribution in [0, 0.1) is 23.7 Å². The van der Waals surface area contributed by atoms with Crippen LogP contribution in [-0.2, 0) is 33.3 Å². The number of Topliss-reactive ketones (excluding diaryl/α,β-unsaturated/α-hetero) is 3. The molecule has 6 unspecified atom stereocenters. The molecule has 0 spiro atoms. The maximum absolute atomic E-state index is 12.5. The van der Waals surface area contributed by atoms with Crippen LogP contribution in [0.4, 0.5) is 0 Å². The largest absolute Gasteiger partial charge is 0.457 e. The highest BCUT2D eigenvalue weighted by Crippen LogP contribution is 2.34. The summed E-state index contributed by atoms with van der Waals surface area (Å²) in [6.45, 7) is 6.89. The fourth-order valence-electron chi connectivity index (χ4n) is 6.01. The second kappa shape index (κ2) is 23.4. The molecular formula is C40H43ClN6O12. The highest BCUT2D eigenvalue weighted by molar-refractivity contribution is 6.83. The van der Waals surface area contributed by atoms with E-state index in [0.29, 0.717) is 5.56 Å². The van der Waals surface area contributed by atoms with Gasteiger partial charge in [0.05, 0.1) is 24.9 Å². The lowest BCUT2D eigenvalue weighted by Gasteiger charge is -2.41. The quantitative estimate of drug-likeness (QED) is 0.0417. The van der Waals surface area contributed by atoms with Gasteiger partial charge in [0.15, 0.2) is 6.29 Å². The third-order valence-corrected chi connectivity index (χ3v) is 10.1. The van der Waals surface area contributed by atoms with E-state index >= 15 is 0 Å². The number of halogens is 1. The molecule has 0 bridgehead atoms. The van der Waals surface area contributed by atoms with Gasteiger partial charge in [-0.2, -0.15) is 0 Å². The molecule has 2 heterocycles. The number of hydrogen-bond donors (Lipinski definition) is 2. The Balaban J connectivity index is 0.000000302. The van der Waals surface area contributed by atoms with Gasteiger partial charge in [-0.3, -0.25) is 19.2 Å². The maximum Gasteiger partial charge on any atom is 0.381 e. The van der Waals surface area contributed by atoms with Crippen molar-refractivity contribution in [2.75, 3.05) is 13.2 Å². The number of aliphatic hydroxyl groups excluding tert-OH is 2. The Hall–Kier alpha value is -5.97. The van der Waals surface area contributed by atoms with E-state index in [0.717, 1.165) is 0 Å². The Kier molecular flexibility index (Phi) is 18.8.